The lowest BCUT2D eigenvalue weighted by atomic mass is 10.0. The van der Waals surface area contributed by atoms with Crippen molar-refractivity contribution in [3.8, 4) is 5.82 Å². The zero-order valence-electron chi connectivity index (χ0n) is 20.2. The second-order valence-corrected chi connectivity index (χ2v) is 10.1. The van der Waals surface area contributed by atoms with E-state index in [9.17, 15) is 18.0 Å². The number of hydrogen-bond acceptors (Lipinski definition) is 6. The van der Waals surface area contributed by atoms with Gasteiger partial charge >= 0.3 is 0 Å². The molecule has 0 bridgehead atoms. The van der Waals surface area contributed by atoms with Gasteiger partial charge in [0, 0.05) is 31.0 Å². The van der Waals surface area contributed by atoms with Gasteiger partial charge in [0.15, 0.2) is 0 Å². The molecular weight excluding hydrogens is 468 g/mol. The monoisotopic (exact) mass is 498 g/mol. The fourth-order valence-electron chi connectivity index (χ4n) is 3.50. The largest absolute Gasteiger partial charge is 0.340 e. The van der Waals surface area contributed by atoms with Crippen molar-refractivity contribution in [1.29, 1.82) is 0 Å². The molecule has 2 N–H and O–H groups in total. The van der Waals surface area contributed by atoms with E-state index < -0.39 is 27.9 Å². The number of imidazole rings is 1. The zero-order chi connectivity index (χ0) is 25.6. The van der Waals surface area contributed by atoms with Gasteiger partial charge in [-0.1, -0.05) is 33.8 Å². The number of carbonyl (C=O) groups excluding carboxylic acids is 2. The number of pyridine rings is 1. The maximum absolute atomic E-state index is 13.0. The maximum atomic E-state index is 13.0. The normalized spacial score (nSPS) is 12.5. The molecule has 35 heavy (non-hydrogen) atoms. The predicted molar refractivity (Wildman–Crippen MR) is 133 cm³/mol. The van der Waals surface area contributed by atoms with Crippen molar-refractivity contribution in [2.24, 2.45) is 5.92 Å². The summed E-state index contributed by atoms with van der Waals surface area (Å²) in [5.74, 6) is -0.519. The predicted octanol–water partition coefficient (Wildman–Crippen LogP) is 2.69. The maximum Gasteiger partial charge on any atom is 0.251 e. The molecule has 3 aromatic rings. The summed E-state index contributed by atoms with van der Waals surface area (Å²) in [5, 5.41) is 5.51. The molecule has 1 unspecified atom stereocenters. The Labute approximate surface area is 205 Å². The molecule has 0 saturated carbocycles. The summed E-state index contributed by atoms with van der Waals surface area (Å²) in [6.45, 7) is 7.78. The van der Waals surface area contributed by atoms with Gasteiger partial charge < -0.3 is 10.6 Å². The quantitative estimate of drug-likeness (QED) is 0.443. The molecule has 2 aromatic heterocycles. The number of nitrogens with one attached hydrogen (secondary N) is 2. The molecule has 2 heterocycles. The molecule has 186 valence electrons. The third-order valence-electron chi connectivity index (χ3n) is 5.46. The summed E-state index contributed by atoms with van der Waals surface area (Å²) >= 11 is 0. The van der Waals surface area contributed by atoms with Gasteiger partial charge in [0.1, 0.15) is 18.2 Å². The van der Waals surface area contributed by atoms with Gasteiger partial charge in [-0.25, -0.2) is 18.4 Å². The first-order valence-corrected chi connectivity index (χ1v) is 12.8. The lowest BCUT2D eigenvalue weighted by Gasteiger charge is -2.22. The average molecular weight is 499 g/mol. The van der Waals surface area contributed by atoms with E-state index in [1.54, 1.807) is 49.3 Å². The van der Waals surface area contributed by atoms with Gasteiger partial charge in [0.2, 0.25) is 15.9 Å². The van der Waals surface area contributed by atoms with E-state index >= 15 is 0 Å². The molecule has 11 heteroatoms. The first-order valence-electron chi connectivity index (χ1n) is 11.3. The lowest BCUT2D eigenvalue weighted by molar-refractivity contribution is -0.118. The molecule has 10 nitrogen and oxygen atoms in total. The molecule has 0 aliphatic heterocycles. The highest BCUT2D eigenvalue weighted by atomic mass is 32.2. The van der Waals surface area contributed by atoms with Crippen LogP contribution in [-0.2, 0) is 14.8 Å². The molecule has 2 amide bonds. The Morgan fingerprint density at radius 2 is 1.86 bits per heavy atom. The summed E-state index contributed by atoms with van der Waals surface area (Å²) in [6, 6.07) is 8.42. The molecule has 0 fully saturated rings. The van der Waals surface area contributed by atoms with E-state index in [0.717, 1.165) is 0 Å². The summed E-state index contributed by atoms with van der Waals surface area (Å²) < 4.78 is 28.7. The Morgan fingerprint density at radius 1 is 1.11 bits per heavy atom. The second-order valence-electron chi connectivity index (χ2n) is 8.18. The van der Waals surface area contributed by atoms with Crippen molar-refractivity contribution in [3.63, 3.8) is 0 Å². The Balaban J connectivity index is 1.73. The molecule has 1 aromatic carbocycles. The van der Waals surface area contributed by atoms with Gasteiger partial charge in [-0.05, 0) is 36.2 Å². The van der Waals surface area contributed by atoms with E-state index in [0.29, 0.717) is 24.6 Å². The second kappa shape index (κ2) is 11.2. The van der Waals surface area contributed by atoms with Crippen LogP contribution in [0.5, 0.6) is 0 Å². The highest BCUT2D eigenvalue weighted by Crippen LogP contribution is 2.18. The molecule has 1 atom stereocenters. The SMILES string of the molecule is CCN(CC)S(=O)(=O)c1cccc(C(=O)NC(C(=O)Nc2ccc(-n3ccnc3)nc2)C(C)C)c1. The minimum Gasteiger partial charge on any atom is -0.340 e. The smallest absolute Gasteiger partial charge is 0.251 e. The van der Waals surface area contributed by atoms with Crippen LogP contribution in [0.1, 0.15) is 38.1 Å². The highest BCUT2D eigenvalue weighted by molar-refractivity contribution is 7.89. The number of benzene rings is 1. The van der Waals surface area contributed by atoms with Gasteiger partial charge in [0.05, 0.1) is 16.8 Å². The van der Waals surface area contributed by atoms with E-state index in [1.807, 2.05) is 13.8 Å². The topological polar surface area (TPSA) is 126 Å². The Morgan fingerprint density at radius 3 is 2.43 bits per heavy atom. The van der Waals surface area contributed by atoms with Crippen LogP contribution in [0.25, 0.3) is 5.82 Å². The number of sulfonamides is 1. The van der Waals surface area contributed by atoms with Crippen molar-refractivity contribution in [3.05, 3.63) is 66.9 Å². The fourth-order valence-corrected chi connectivity index (χ4v) is 5.00. The van der Waals surface area contributed by atoms with E-state index in [2.05, 4.69) is 20.6 Å². The third kappa shape index (κ3) is 6.11. The molecule has 3 rings (SSSR count). The average Bonchev–Trinajstić information content (AvgIpc) is 3.38. The minimum atomic E-state index is -3.72. The van der Waals surface area contributed by atoms with Crippen molar-refractivity contribution in [2.75, 3.05) is 18.4 Å². The van der Waals surface area contributed by atoms with Gasteiger partial charge in [-0.3, -0.25) is 14.2 Å². The summed E-state index contributed by atoms with van der Waals surface area (Å²) in [7, 11) is -3.72. The summed E-state index contributed by atoms with van der Waals surface area (Å²) in [6.07, 6.45) is 6.54. The van der Waals surface area contributed by atoms with Crippen molar-refractivity contribution in [1.82, 2.24) is 24.2 Å². The van der Waals surface area contributed by atoms with E-state index in [4.69, 9.17) is 0 Å². The summed E-state index contributed by atoms with van der Waals surface area (Å²) in [5.41, 5.74) is 0.633. The Hall–Kier alpha value is -3.57. The van der Waals surface area contributed by atoms with Crippen LogP contribution in [-0.4, -0.2) is 58.2 Å². The van der Waals surface area contributed by atoms with Crippen LogP contribution in [0.15, 0.2) is 66.2 Å². The number of anilines is 1. The molecule has 0 aliphatic carbocycles. The number of aromatic nitrogens is 3. The third-order valence-corrected chi connectivity index (χ3v) is 7.51. The number of nitrogens with zero attached hydrogens (tertiary/aromatic N) is 4. The van der Waals surface area contributed by atoms with Crippen LogP contribution < -0.4 is 10.6 Å². The van der Waals surface area contributed by atoms with Crippen molar-refractivity contribution >= 4 is 27.5 Å². The van der Waals surface area contributed by atoms with Crippen LogP contribution >= 0.6 is 0 Å². The molecule has 0 radical (unpaired) electrons. The molecule has 0 saturated heterocycles. The van der Waals surface area contributed by atoms with Crippen LogP contribution in [0.2, 0.25) is 0 Å². The number of carbonyl (C=O) groups is 2. The van der Waals surface area contributed by atoms with Crippen LogP contribution in [0, 0.1) is 5.92 Å². The fraction of sp³-hybridized carbons (Fsp3) is 0.333. The van der Waals surface area contributed by atoms with Crippen LogP contribution in [0.4, 0.5) is 5.69 Å². The first-order chi connectivity index (χ1) is 16.7. The number of rotatable bonds is 10. The number of hydrogen-bond donors (Lipinski definition) is 2. The van der Waals surface area contributed by atoms with E-state index in [1.165, 1.54) is 34.8 Å². The molecular formula is C24H30N6O4S. The van der Waals surface area contributed by atoms with Crippen molar-refractivity contribution < 1.29 is 18.0 Å². The Kier molecular flexibility index (Phi) is 8.36. The van der Waals surface area contributed by atoms with Gasteiger partial charge in [-0.15, -0.1) is 0 Å². The summed E-state index contributed by atoms with van der Waals surface area (Å²) in [4.78, 5) is 34.2. The Bertz CT molecular complexity index is 1250. The molecule has 0 aliphatic rings. The molecule has 0 spiro atoms. The highest BCUT2D eigenvalue weighted by Gasteiger charge is 2.27. The van der Waals surface area contributed by atoms with E-state index in [-0.39, 0.29) is 16.4 Å². The van der Waals surface area contributed by atoms with Crippen LogP contribution in [0.3, 0.4) is 0 Å². The van der Waals surface area contributed by atoms with Crippen molar-refractivity contribution in [2.45, 2.75) is 38.6 Å². The first kappa shape index (κ1) is 26.0. The van der Waals surface area contributed by atoms with Gasteiger partial charge in [-0.2, -0.15) is 4.31 Å². The van der Waals surface area contributed by atoms with Gasteiger partial charge in [0.25, 0.3) is 5.91 Å². The number of amides is 2. The zero-order valence-corrected chi connectivity index (χ0v) is 21.0. The minimum absolute atomic E-state index is 0.0310. The standard InChI is InChI=1S/C24H30N6O4S/c1-5-30(6-2)35(33,34)20-9-7-8-18(14-20)23(31)28-22(17(3)4)24(32)27-19-10-11-21(26-15-19)29-13-12-25-16-29/h7-17,22H,5-6H2,1-4H3,(H,27,32)(H,28,31). The lowest BCUT2D eigenvalue weighted by Crippen LogP contribution is -2.47.